The Kier molecular flexibility index (Phi) is 5.82. The van der Waals surface area contributed by atoms with E-state index in [1.54, 1.807) is 12.1 Å². The highest BCUT2D eigenvalue weighted by molar-refractivity contribution is 8.14. The molecule has 2 fully saturated rings. The van der Waals surface area contributed by atoms with Crippen molar-refractivity contribution < 1.29 is 19.1 Å². The molecule has 2 aliphatic rings. The number of hydrogen-bond donors (Lipinski definition) is 1. The maximum atomic E-state index is 12.6. The van der Waals surface area contributed by atoms with Crippen LogP contribution in [0.1, 0.15) is 49.9 Å². The fourth-order valence-electron chi connectivity index (χ4n) is 3.74. The van der Waals surface area contributed by atoms with E-state index in [-0.39, 0.29) is 21.8 Å². The van der Waals surface area contributed by atoms with Crippen LogP contribution in [0.4, 0.5) is 0 Å². The zero-order valence-corrected chi connectivity index (χ0v) is 16.0. The van der Waals surface area contributed by atoms with Gasteiger partial charge in [-0.2, -0.15) is 0 Å². The molecule has 3 rings (SSSR count). The van der Waals surface area contributed by atoms with E-state index in [9.17, 15) is 14.4 Å². The first-order valence-corrected chi connectivity index (χ1v) is 10.0. The number of ether oxygens (including phenoxy) is 1. The first-order chi connectivity index (χ1) is 12.4. The van der Waals surface area contributed by atoms with Gasteiger partial charge in [0.05, 0.1) is 5.92 Å². The van der Waals surface area contributed by atoms with Crippen LogP contribution in [0.15, 0.2) is 30.3 Å². The first kappa shape index (κ1) is 19.1. The van der Waals surface area contributed by atoms with E-state index in [0.717, 1.165) is 19.4 Å². The Morgan fingerprint density at radius 2 is 1.85 bits per heavy atom. The third-order valence-electron chi connectivity index (χ3n) is 5.33. The molecule has 0 radical (unpaired) electrons. The van der Waals surface area contributed by atoms with Crippen LogP contribution < -0.4 is 5.32 Å². The first-order valence-electron chi connectivity index (χ1n) is 9.13. The lowest BCUT2D eigenvalue weighted by Gasteiger charge is -2.28. The van der Waals surface area contributed by atoms with Crippen molar-refractivity contribution >= 4 is 28.8 Å². The van der Waals surface area contributed by atoms with Crippen molar-refractivity contribution in [3.63, 3.8) is 0 Å². The van der Waals surface area contributed by atoms with Gasteiger partial charge in [-0.05, 0) is 37.6 Å². The van der Waals surface area contributed by atoms with Crippen molar-refractivity contribution in [1.82, 2.24) is 5.32 Å². The molecule has 6 heteroatoms. The summed E-state index contributed by atoms with van der Waals surface area (Å²) in [5.74, 6) is -1.42. The fraction of sp³-hybridized carbons (Fsp3) is 0.550. The third-order valence-corrected chi connectivity index (χ3v) is 7.00. The molecule has 0 spiro atoms. The molecule has 0 bridgehead atoms. The van der Waals surface area contributed by atoms with Gasteiger partial charge in [0.1, 0.15) is 6.04 Å². The Labute approximate surface area is 158 Å². The molecule has 140 valence electrons. The summed E-state index contributed by atoms with van der Waals surface area (Å²) in [6.07, 6.45) is 3.07. The minimum atomic E-state index is -0.493. The average Bonchev–Trinajstić information content (AvgIpc) is 3.24. The lowest BCUT2D eigenvalue weighted by atomic mass is 9.90. The normalized spacial score (nSPS) is 27.2. The van der Waals surface area contributed by atoms with E-state index >= 15 is 0 Å². The largest absolute Gasteiger partial charge is 0.392 e. The third kappa shape index (κ3) is 4.18. The van der Waals surface area contributed by atoms with Crippen LogP contribution in [0.25, 0.3) is 0 Å². The van der Waals surface area contributed by atoms with Crippen LogP contribution in [0.3, 0.4) is 0 Å². The minimum absolute atomic E-state index is 0.0489. The number of carbonyl (C=O) groups excluding carboxylic acids is 3. The molecular formula is C20H25NO4S. The molecule has 1 aliphatic heterocycles. The molecular weight excluding hydrogens is 350 g/mol. The van der Waals surface area contributed by atoms with E-state index in [4.69, 9.17) is 4.74 Å². The van der Waals surface area contributed by atoms with E-state index in [1.807, 2.05) is 18.2 Å². The van der Waals surface area contributed by atoms with E-state index in [1.165, 1.54) is 11.8 Å². The zero-order chi connectivity index (χ0) is 18.7. The van der Waals surface area contributed by atoms with Gasteiger partial charge in [-0.1, -0.05) is 55.9 Å². The lowest BCUT2D eigenvalue weighted by molar-refractivity contribution is -0.163. The molecule has 1 heterocycles. The van der Waals surface area contributed by atoms with E-state index in [2.05, 4.69) is 19.2 Å². The van der Waals surface area contributed by atoms with E-state index < -0.39 is 17.9 Å². The number of hydrogen-bond acceptors (Lipinski definition) is 6. The van der Waals surface area contributed by atoms with Gasteiger partial charge >= 0.3 is 11.9 Å². The van der Waals surface area contributed by atoms with Gasteiger partial charge in [0.25, 0.3) is 0 Å². The minimum Gasteiger partial charge on any atom is -0.392 e. The van der Waals surface area contributed by atoms with Crippen LogP contribution in [0, 0.1) is 11.3 Å². The molecule has 0 aromatic heterocycles. The Morgan fingerprint density at radius 3 is 2.50 bits per heavy atom. The molecule has 2 unspecified atom stereocenters. The molecule has 26 heavy (non-hydrogen) atoms. The molecule has 1 aromatic rings. The van der Waals surface area contributed by atoms with Crippen LogP contribution in [0.5, 0.6) is 0 Å². The number of carbonyl (C=O) groups is 3. The quantitative estimate of drug-likeness (QED) is 0.644. The highest BCUT2D eigenvalue weighted by atomic mass is 32.2. The molecule has 1 aromatic carbocycles. The average molecular weight is 375 g/mol. The van der Waals surface area contributed by atoms with Gasteiger partial charge in [0, 0.05) is 10.8 Å². The molecule has 0 amide bonds. The topological polar surface area (TPSA) is 72.5 Å². The summed E-state index contributed by atoms with van der Waals surface area (Å²) >= 11 is 1.20. The standard InChI is InChI=1S/C20H25NO4S/c1-20(2)11-10-14(17(22)25-18(23)15-9-6-12-21-15)16(20)26-19(24)13-7-4-3-5-8-13/h3-5,7-8,14-16,21H,6,9-12H2,1-2H3/t14?,15-,16?/m0/s1. The zero-order valence-electron chi connectivity index (χ0n) is 15.2. The molecule has 1 N–H and O–H groups in total. The van der Waals surface area contributed by atoms with Crippen molar-refractivity contribution in [1.29, 1.82) is 0 Å². The predicted octanol–water partition coefficient (Wildman–Crippen LogP) is 3.19. The predicted molar refractivity (Wildman–Crippen MR) is 101 cm³/mol. The van der Waals surface area contributed by atoms with Gasteiger partial charge in [-0.15, -0.1) is 0 Å². The summed E-state index contributed by atoms with van der Waals surface area (Å²) in [5, 5.41) is 2.80. The van der Waals surface area contributed by atoms with Gasteiger partial charge in [-0.25, -0.2) is 4.79 Å². The van der Waals surface area contributed by atoms with Crippen molar-refractivity contribution in [3.05, 3.63) is 35.9 Å². The second kappa shape index (κ2) is 7.92. The van der Waals surface area contributed by atoms with E-state index in [0.29, 0.717) is 18.4 Å². The molecule has 1 saturated heterocycles. The number of benzene rings is 1. The number of esters is 2. The maximum Gasteiger partial charge on any atom is 0.330 e. The highest BCUT2D eigenvalue weighted by Crippen LogP contribution is 2.49. The summed E-state index contributed by atoms with van der Waals surface area (Å²) in [7, 11) is 0. The van der Waals surface area contributed by atoms with Crippen molar-refractivity contribution in [2.45, 2.75) is 50.8 Å². The fourth-order valence-corrected chi connectivity index (χ4v) is 5.09. The molecule has 1 aliphatic carbocycles. The summed E-state index contributed by atoms with van der Waals surface area (Å²) in [5.41, 5.74) is 0.450. The van der Waals surface area contributed by atoms with Crippen LogP contribution in [-0.4, -0.2) is 34.9 Å². The van der Waals surface area contributed by atoms with Crippen molar-refractivity contribution in [2.24, 2.45) is 11.3 Å². The van der Waals surface area contributed by atoms with Crippen LogP contribution >= 0.6 is 11.8 Å². The van der Waals surface area contributed by atoms with Gasteiger partial charge in [-0.3, -0.25) is 9.59 Å². The smallest absolute Gasteiger partial charge is 0.330 e. The Balaban J connectivity index is 1.68. The molecule has 3 atom stereocenters. The summed E-state index contributed by atoms with van der Waals surface area (Å²) in [4.78, 5) is 37.4. The van der Waals surface area contributed by atoms with Gasteiger partial charge in [0.2, 0.25) is 5.12 Å². The maximum absolute atomic E-state index is 12.6. The van der Waals surface area contributed by atoms with Crippen molar-refractivity contribution in [3.8, 4) is 0 Å². The van der Waals surface area contributed by atoms with Crippen molar-refractivity contribution in [2.75, 3.05) is 6.54 Å². The monoisotopic (exact) mass is 375 g/mol. The van der Waals surface area contributed by atoms with Gasteiger partial charge in [0.15, 0.2) is 0 Å². The van der Waals surface area contributed by atoms with Crippen LogP contribution in [0.2, 0.25) is 0 Å². The van der Waals surface area contributed by atoms with Crippen LogP contribution in [-0.2, 0) is 14.3 Å². The Hall–Kier alpha value is -1.66. The Bertz CT molecular complexity index is 682. The second-order valence-electron chi connectivity index (χ2n) is 7.71. The highest BCUT2D eigenvalue weighted by Gasteiger charge is 2.48. The Morgan fingerprint density at radius 1 is 1.12 bits per heavy atom. The number of thioether (sulfide) groups is 1. The second-order valence-corrected chi connectivity index (χ2v) is 8.83. The molecule has 5 nitrogen and oxygen atoms in total. The number of rotatable bonds is 4. The summed E-state index contributed by atoms with van der Waals surface area (Å²) in [6, 6.07) is 8.69. The summed E-state index contributed by atoms with van der Waals surface area (Å²) in [6.45, 7) is 4.90. The summed E-state index contributed by atoms with van der Waals surface area (Å²) < 4.78 is 5.16. The van der Waals surface area contributed by atoms with Gasteiger partial charge < -0.3 is 10.1 Å². The number of nitrogens with one attached hydrogen (secondary N) is 1. The SMILES string of the molecule is CC1(C)CCC(C(=O)OC(=O)[C@@H]2CCCN2)C1SC(=O)c1ccccc1. The molecule has 1 saturated carbocycles. The lowest BCUT2D eigenvalue weighted by Crippen LogP contribution is -2.38.